The second-order valence-corrected chi connectivity index (χ2v) is 3.45. The standard InChI is InChI=1S/C11H7ClFNO2/c12-8-6-7(13)3-4-9(8)16-10-2-1-5-14-11(10)15/h1-6H,(H,14,15). The summed E-state index contributed by atoms with van der Waals surface area (Å²) in [6.45, 7) is 0. The molecule has 0 unspecified atom stereocenters. The van der Waals surface area contributed by atoms with E-state index in [1.807, 2.05) is 0 Å². The molecule has 1 heterocycles. The minimum absolute atomic E-state index is 0.107. The lowest BCUT2D eigenvalue weighted by Gasteiger charge is -2.05. The number of benzene rings is 1. The second-order valence-electron chi connectivity index (χ2n) is 3.04. The maximum absolute atomic E-state index is 12.8. The Labute approximate surface area is 95.5 Å². The van der Waals surface area contributed by atoms with Gasteiger partial charge in [-0.3, -0.25) is 4.79 Å². The van der Waals surface area contributed by atoms with Gasteiger partial charge in [0.05, 0.1) is 5.02 Å². The van der Waals surface area contributed by atoms with Crippen molar-refractivity contribution < 1.29 is 9.13 Å². The van der Waals surface area contributed by atoms with Gasteiger partial charge >= 0.3 is 0 Å². The molecule has 0 spiro atoms. The number of ether oxygens (including phenoxy) is 1. The van der Waals surface area contributed by atoms with Gasteiger partial charge in [0.15, 0.2) is 5.75 Å². The molecule has 0 aliphatic heterocycles. The minimum Gasteiger partial charge on any atom is -0.450 e. The number of rotatable bonds is 2. The highest BCUT2D eigenvalue weighted by Crippen LogP contribution is 2.28. The number of aromatic nitrogens is 1. The third-order valence-corrected chi connectivity index (χ3v) is 2.19. The Morgan fingerprint density at radius 2 is 2.06 bits per heavy atom. The van der Waals surface area contributed by atoms with E-state index in [1.54, 1.807) is 6.07 Å². The van der Waals surface area contributed by atoms with Crippen molar-refractivity contribution in [3.05, 3.63) is 57.7 Å². The molecular weight excluding hydrogens is 233 g/mol. The van der Waals surface area contributed by atoms with E-state index in [1.165, 1.54) is 24.4 Å². The van der Waals surface area contributed by atoms with Gasteiger partial charge in [-0.1, -0.05) is 11.6 Å². The van der Waals surface area contributed by atoms with E-state index in [9.17, 15) is 9.18 Å². The fourth-order valence-corrected chi connectivity index (χ4v) is 1.37. The molecule has 16 heavy (non-hydrogen) atoms. The van der Waals surface area contributed by atoms with Crippen molar-refractivity contribution in [1.82, 2.24) is 4.98 Å². The largest absolute Gasteiger partial charge is 0.450 e. The van der Waals surface area contributed by atoms with E-state index < -0.39 is 5.82 Å². The highest BCUT2D eigenvalue weighted by molar-refractivity contribution is 6.32. The quantitative estimate of drug-likeness (QED) is 0.876. The number of nitrogens with one attached hydrogen (secondary N) is 1. The number of hydrogen-bond donors (Lipinski definition) is 1. The van der Waals surface area contributed by atoms with Gasteiger partial charge in [-0.2, -0.15) is 0 Å². The van der Waals surface area contributed by atoms with Gasteiger partial charge in [-0.05, 0) is 30.3 Å². The predicted octanol–water partition coefficient (Wildman–Crippen LogP) is 2.96. The third kappa shape index (κ3) is 2.23. The van der Waals surface area contributed by atoms with Gasteiger partial charge < -0.3 is 9.72 Å². The zero-order valence-corrected chi connectivity index (χ0v) is 8.79. The van der Waals surface area contributed by atoms with E-state index in [0.717, 1.165) is 6.07 Å². The minimum atomic E-state index is -0.459. The average molecular weight is 240 g/mol. The first-order chi connectivity index (χ1) is 7.66. The summed E-state index contributed by atoms with van der Waals surface area (Å²) >= 11 is 5.75. The summed E-state index contributed by atoms with van der Waals surface area (Å²) in [6, 6.07) is 6.81. The maximum atomic E-state index is 12.8. The average Bonchev–Trinajstić information content (AvgIpc) is 2.25. The van der Waals surface area contributed by atoms with Crippen molar-refractivity contribution in [3.8, 4) is 11.5 Å². The van der Waals surface area contributed by atoms with Crippen molar-refractivity contribution in [2.24, 2.45) is 0 Å². The van der Waals surface area contributed by atoms with Gasteiger partial charge in [-0.15, -0.1) is 0 Å². The number of pyridine rings is 1. The Bertz CT molecular complexity index is 568. The molecule has 0 amide bonds. The third-order valence-electron chi connectivity index (χ3n) is 1.90. The molecule has 0 radical (unpaired) electrons. The first kappa shape index (κ1) is 10.7. The van der Waals surface area contributed by atoms with Crippen molar-refractivity contribution >= 4 is 11.6 Å². The van der Waals surface area contributed by atoms with Crippen LogP contribution in [0.5, 0.6) is 11.5 Å². The van der Waals surface area contributed by atoms with Crippen molar-refractivity contribution in [2.45, 2.75) is 0 Å². The summed E-state index contributed by atoms with van der Waals surface area (Å²) in [4.78, 5) is 13.8. The molecule has 5 heteroatoms. The lowest BCUT2D eigenvalue weighted by atomic mass is 10.3. The number of H-pyrrole nitrogens is 1. The number of halogens is 2. The lowest BCUT2D eigenvalue weighted by molar-refractivity contribution is 0.473. The molecule has 1 aromatic carbocycles. The smallest absolute Gasteiger partial charge is 0.290 e. The maximum Gasteiger partial charge on any atom is 0.290 e. The van der Waals surface area contributed by atoms with Crippen LogP contribution in [-0.4, -0.2) is 4.98 Å². The summed E-state index contributed by atoms with van der Waals surface area (Å²) in [7, 11) is 0. The molecular formula is C11H7ClFNO2. The van der Waals surface area contributed by atoms with Crippen LogP contribution in [-0.2, 0) is 0 Å². The fourth-order valence-electron chi connectivity index (χ4n) is 1.16. The molecule has 82 valence electrons. The molecule has 2 rings (SSSR count). The van der Waals surface area contributed by atoms with E-state index >= 15 is 0 Å². The highest BCUT2D eigenvalue weighted by atomic mass is 35.5. The summed E-state index contributed by atoms with van der Waals surface area (Å²) < 4.78 is 18.0. The number of aromatic amines is 1. The van der Waals surface area contributed by atoms with Crippen LogP contribution in [0.4, 0.5) is 4.39 Å². The van der Waals surface area contributed by atoms with Gasteiger partial charge in [-0.25, -0.2) is 4.39 Å². The normalized spacial score (nSPS) is 10.1. The van der Waals surface area contributed by atoms with E-state index in [2.05, 4.69) is 4.98 Å². The summed E-state index contributed by atoms with van der Waals surface area (Å²) in [5, 5.41) is 0.114. The van der Waals surface area contributed by atoms with Crippen LogP contribution in [0.25, 0.3) is 0 Å². The van der Waals surface area contributed by atoms with Crippen LogP contribution in [0.15, 0.2) is 41.3 Å². The monoisotopic (exact) mass is 239 g/mol. The fraction of sp³-hybridized carbons (Fsp3) is 0. The molecule has 0 atom stereocenters. The molecule has 1 aromatic heterocycles. The van der Waals surface area contributed by atoms with Crippen molar-refractivity contribution in [1.29, 1.82) is 0 Å². The Balaban J connectivity index is 2.35. The Hall–Kier alpha value is -1.81. The molecule has 0 saturated carbocycles. The highest BCUT2D eigenvalue weighted by Gasteiger charge is 2.06. The second kappa shape index (κ2) is 4.37. The molecule has 0 saturated heterocycles. The molecule has 0 aliphatic rings. The first-order valence-corrected chi connectivity index (χ1v) is 4.85. The molecule has 0 bridgehead atoms. The van der Waals surface area contributed by atoms with Crippen molar-refractivity contribution in [3.63, 3.8) is 0 Å². The van der Waals surface area contributed by atoms with Crippen LogP contribution in [0.2, 0.25) is 5.02 Å². The Morgan fingerprint density at radius 1 is 1.25 bits per heavy atom. The van der Waals surface area contributed by atoms with Crippen LogP contribution in [0.3, 0.4) is 0 Å². The Morgan fingerprint density at radius 3 is 2.75 bits per heavy atom. The van der Waals surface area contributed by atoms with Crippen molar-refractivity contribution in [2.75, 3.05) is 0 Å². The molecule has 2 aromatic rings. The van der Waals surface area contributed by atoms with Gasteiger partial charge in [0.1, 0.15) is 11.6 Å². The zero-order valence-electron chi connectivity index (χ0n) is 8.04. The van der Waals surface area contributed by atoms with Gasteiger partial charge in [0.25, 0.3) is 5.56 Å². The lowest BCUT2D eigenvalue weighted by Crippen LogP contribution is -2.06. The van der Waals surface area contributed by atoms with E-state index in [0.29, 0.717) is 0 Å². The summed E-state index contributed by atoms with van der Waals surface area (Å²) in [5.41, 5.74) is -0.372. The zero-order chi connectivity index (χ0) is 11.5. The molecule has 0 fully saturated rings. The topological polar surface area (TPSA) is 42.1 Å². The molecule has 0 aliphatic carbocycles. The summed E-state index contributed by atoms with van der Waals surface area (Å²) in [6.07, 6.45) is 1.49. The number of hydrogen-bond acceptors (Lipinski definition) is 2. The van der Waals surface area contributed by atoms with Crippen LogP contribution < -0.4 is 10.3 Å². The molecule has 3 nitrogen and oxygen atoms in total. The first-order valence-electron chi connectivity index (χ1n) is 4.47. The van der Waals surface area contributed by atoms with Crippen LogP contribution in [0, 0.1) is 5.82 Å². The van der Waals surface area contributed by atoms with Gasteiger partial charge in [0, 0.05) is 6.20 Å². The molecule has 1 N–H and O–H groups in total. The van der Waals surface area contributed by atoms with Crippen LogP contribution >= 0.6 is 11.6 Å². The van der Waals surface area contributed by atoms with E-state index in [4.69, 9.17) is 16.3 Å². The van der Waals surface area contributed by atoms with E-state index in [-0.39, 0.29) is 22.1 Å². The predicted molar refractivity (Wildman–Crippen MR) is 58.5 cm³/mol. The van der Waals surface area contributed by atoms with Gasteiger partial charge in [0.2, 0.25) is 0 Å². The SMILES string of the molecule is O=c1[nH]cccc1Oc1ccc(F)cc1Cl. The summed E-state index contributed by atoms with van der Waals surface area (Å²) in [5.74, 6) is -0.116. The van der Waals surface area contributed by atoms with Crippen LogP contribution in [0.1, 0.15) is 0 Å². The Kier molecular flexibility index (Phi) is 2.92.